The molecule has 1 heterocycles. The standard InChI is InChI=1S/C16H22N2O3/c1-12-5-4-6-13(11-12)17-7-9-18(10-8-17)14(19)16(2,3)15(20)21/h4-6,11H,7-10H2,1-3H3,(H,20,21). The maximum atomic E-state index is 12.3. The first-order valence-electron chi connectivity index (χ1n) is 7.17. The fourth-order valence-electron chi connectivity index (χ4n) is 2.48. The Hall–Kier alpha value is -2.04. The van der Waals surface area contributed by atoms with Gasteiger partial charge in [-0.25, -0.2) is 0 Å². The van der Waals surface area contributed by atoms with E-state index in [1.807, 2.05) is 6.07 Å². The number of amides is 1. The highest BCUT2D eigenvalue weighted by molar-refractivity contribution is 6.01. The molecule has 1 aromatic carbocycles. The Morgan fingerprint density at radius 1 is 1.14 bits per heavy atom. The number of piperazine rings is 1. The van der Waals surface area contributed by atoms with Crippen molar-refractivity contribution in [1.29, 1.82) is 0 Å². The summed E-state index contributed by atoms with van der Waals surface area (Å²) in [6, 6.07) is 8.26. The number of carbonyl (C=O) groups excluding carboxylic acids is 1. The topological polar surface area (TPSA) is 60.9 Å². The van der Waals surface area contributed by atoms with E-state index in [9.17, 15) is 9.59 Å². The lowest BCUT2D eigenvalue weighted by atomic mass is 9.91. The number of rotatable bonds is 3. The molecule has 0 aromatic heterocycles. The van der Waals surface area contributed by atoms with Crippen molar-refractivity contribution in [3.63, 3.8) is 0 Å². The summed E-state index contributed by atoms with van der Waals surface area (Å²) in [7, 11) is 0. The molecule has 1 aliphatic heterocycles. The van der Waals surface area contributed by atoms with Crippen LogP contribution >= 0.6 is 0 Å². The third-order valence-corrected chi connectivity index (χ3v) is 4.00. The van der Waals surface area contributed by atoms with E-state index >= 15 is 0 Å². The molecule has 2 rings (SSSR count). The van der Waals surface area contributed by atoms with Crippen molar-refractivity contribution in [2.45, 2.75) is 20.8 Å². The molecule has 1 N–H and O–H groups in total. The van der Waals surface area contributed by atoms with Gasteiger partial charge in [-0.1, -0.05) is 12.1 Å². The number of anilines is 1. The Labute approximate surface area is 125 Å². The first-order valence-corrected chi connectivity index (χ1v) is 7.17. The summed E-state index contributed by atoms with van der Waals surface area (Å²) in [5, 5.41) is 9.14. The van der Waals surface area contributed by atoms with E-state index in [4.69, 9.17) is 5.11 Å². The molecule has 1 aliphatic rings. The average Bonchev–Trinajstić information content (AvgIpc) is 2.46. The lowest BCUT2D eigenvalue weighted by Crippen LogP contribution is -2.53. The van der Waals surface area contributed by atoms with E-state index in [2.05, 4.69) is 30.0 Å². The summed E-state index contributed by atoms with van der Waals surface area (Å²) in [6.07, 6.45) is 0. The molecule has 1 amide bonds. The Kier molecular flexibility index (Phi) is 4.21. The number of hydrogen-bond acceptors (Lipinski definition) is 3. The van der Waals surface area contributed by atoms with Gasteiger partial charge in [0.25, 0.3) is 0 Å². The van der Waals surface area contributed by atoms with Gasteiger partial charge in [-0.15, -0.1) is 0 Å². The average molecular weight is 290 g/mol. The summed E-state index contributed by atoms with van der Waals surface area (Å²) < 4.78 is 0. The Balaban J connectivity index is 2.01. The number of aryl methyl sites for hydroxylation is 1. The maximum Gasteiger partial charge on any atom is 0.318 e. The fraction of sp³-hybridized carbons (Fsp3) is 0.500. The predicted octanol–water partition coefficient (Wildman–Crippen LogP) is 1.75. The molecule has 0 bridgehead atoms. The highest BCUT2D eigenvalue weighted by atomic mass is 16.4. The summed E-state index contributed by atoms with van der Waals surface area (Å²) >= 11 is 0. The van der Waals surface area contributed by atoms with E-state index in [-0.39, 0.29) is 5.91 Å². The van der Waals surface area contributed by atoms with Crippen LogP contribution in [0.1, 0.15) is 19.4 Å². The summed E-state index contributed by atoms with van der Waals surface area (Å²) in [5.41, 5.74) is 1.00. The second kappa shape index (κ2) is 5.76. The van der Waals surface area contributed by atoms with Crippen LogP contribution in [0.5, 0.6) is 0 Å². The van der Waals surface area contributed by atoms with Gasteiger partial charge in [-0.3, -0.25) is 9.59 Å². The minimum Gasteiger partial charge on any atom is -0.480 e. The Morgan fingerprint density at radius 3 is 2.29 bits per heavy atom. The van der Waals surface area contributed by atoms with Crippen LogP contribution in [-0.2, 0) is 9.59 Å². The van der Waals surface area contributed by atoms with Crippen LogP contribution in [0.4, 0.5) is 5.69 Å². The van der Waals surface area contributed by atoms with Crippen molar-refractivity contribution >= 4 is 17.6 Å². The number of carboxylic acids is 1. The molecule has 1 saturated heterocycles. The van der Waals surface area contributed by atoms with Gasteiger partial charge in [-0.05, 0) is 38.5 Å². The zero-order valence-electron chi connectivity index (χ0n) is 12.8. The van der Waals surface area contributed by atoms with Crippen LogP contribution in [0.2, 0.25) is 0 Å². The van der Waals surface area contributed by atoms with Gasteiger partial charge in [0.2, 0.25) is 5.91 Å². The number of carbonyl (C=O) groups is 2. The van der Waals surface area contributed by atoms with Crippen molar-refractivity contribution in [2.24, 2.45) is 5.41 Å². The number of aliphatic carboxylic acids is 1. The maximum absolute atomic E-state index is 12.3. The predicted molar refractivity (Wildman–Crippen MR) is 81.4 cm³/mol. The summed E-state index contributed by atoms with van der Waals surface area (Å²) in [4.78, 5) is 27.3. The van der Waals surface area contributed by atoms with Crippen LogP contribution in [0.15, 0.2) is 24.3 Å². The van der Waals surface area contributed by atoms with E-state index < -0.39 is 11.4 Å². The van der Waals surface area contributed by atoms with Gasteiger partial charge >= 0.3 is 5.97 Å². The van der Waals surface area contributed by atoms with E-state index in [0.29, 0.717) is 13.1 Å². The summed E-state index contributed by atoms with van der Waals surface area (Å²) in [6.45, 7) is 7.55. The molecular formula is C16H22N2O3. The first-order chi connectivity index (χ1) is 9.82. The van der Waals surface area contributed by atoms with Crippen LogP contribution in [0, 0.1) is 12.3 Å². The van der Waals surface area contributed by atoms with Gasteiger partial charge in [-0.2, -0.15) is 0 Å². The second-order valence-corrected chi connectivity index (χ2v) is 6.05. The number of nitrogens with zero attached hydrogens (tertiary/aromatic N) is 2. The monoisotopic (exact) mass is 290 g/mol. The van der Waals surface area contributed by atoms with Crippen LogP contribution in [0.25, 0.3) is 0 Å². The largest absolute Gasteiger partial charge is 0.480 e. The second-order valence-electron chi connectivity index (χ2n) is 6.05. The highest BCUT2D eigenvalue weighted by Gasteiger charge is 2.40. The third-order valence-electron chi connectivity index (χ3n) is 4.00. The molecule has 21 heavy (non-hydrogen) atoms. The van der Waals surface area contributed by atoms with Crippen molar-refractivity contribution in [3.8, 4) is 0 Å². The number of hydrogen-bond donors (Lipinski definition) is 1. The van der Waals surface area contributed by atoms with E-state index in [1.165, 1.54) is 19.4 Å². The summed E-state index contributed by atoms with van der Waals surface area (Å²) in [5.74, 6) is -1.38. The quantitative estimate of drug-likeness (QED) is 0.862. The molecule has 0 saturated carbocycles. The van der Waals surface area contributed by atoms with Crippen molar-refractivity contribution in [3.05, 3.63) is 29.8 Å². The zero-order valence-corrected chi connectivity index (χ0v) is 12.8. The van der Waals surface area contributed by atoms with Crippen LogP contribution in [0.3, 0.4) is 0 Å². The van der Waals surface area contributed by atoms with Crippen LogP contribution < -0.4 is 4.90 Å². The van der Waals surface area contributed by atoms with E-state index in [0.717, 1.165) is 18.8 Å². The molecule has 0 aliphatic carbocycles. The van der Waals surface area contributed by atoms with Gasteiger partial charge in [0.15, 0.2) is 0 Å². The fourth-order valence-corrected chi connectivity index (χ4v) is 2.48. The van der Waals surface area contributed by atoms with Gasteiger partial charge in [0.1, 0.15) is 5.41 Å². The molecule has 0 unspecified atom stereocenters. The first kappa shape index (κ1) is 15.4. The normalized spacial score (nSPS) is 16.0. The van der Waals surface area contributed by atoms with Gasteiger partial charge in [0.05, 0.1) is 0 Å². The molecule has 5 nitrogen and oxygen atoms in total. The smallest absolute Gasteiger partial charge is 0.318 e. The van der Waals surface area contributed by atoms with Crippen molar-refractivity contribution in [2.75, 3.05) is 31.1 Å². The molecule has 114 valence electrons. The van der Waals surface area contributed by atoms with Crippen molar-refractivity contribution < 1.29 is 14.7 Å². The molecule has 1 fully saturated rings. The minimum atomic E-state index is -1.36. The van der Waals surface area contributed by atoms with Gasteiger partial charge < -0.3 is 14.9 Å². The SMILES string of the molecule is Cc1cccc(N2CCN(C(=O)C(C)(C)C(=O)O)CC2)c1. The Bertz CT molecular complexity index is 546. The Morgan fingerprint density at radius 2 is 1.76 bits per heavy atom. The molecule has 0 spiro atoms. The molecule has 0 radical (unpaired) electrons. The van der Waals surface area contributed by atoms with Crippen LogP contribution in [-0.4, -0.2) is 48.1 Å². The number of carboxylic acid groups (broad SMARTS) is 1. The molecule has 0 atom stereocenters. The van der Waals surface area contributed by atoms with Gasteiger partial charge in [0, 0.05) is 31.9 Å². The lowest BCUT2D eigenvalue weighted by molar-refractivity contribution is -0.158. The lowest BCUT2D eigenvalue weighted by Gasteiger charge is -2.38. The van der Waals surface area contributed by atoms with Crippen molar-refractivity contribution in [1.82, 2.24) is 4.90 Å². The number of benzene rings is 1. The zero-order chi connectivity index (χ0) is 15.6. The molecule has 1 aromatic rings. The minimum absolute atomic E-state index is 0.307. The van der Waals surface area contributed by atoms with E-state index in [1.54, 1.807) is 4.90 Å². The third kappa shape index (κ3) is 3.17. The molecular weight excluding hydrogens is 268 g/mol. The highest BCUT2D eigenvalue weighted by Crippen LogP contribution is 2.22. The molecule has 5 heteroatoms.